The number of nitrogens with one attached hydrogen (secondary N) is 1. The molecule has 6 nitrogen and oxygen atoms in total. The van der Waals surface area contributed by atoms with Gasteiger partial charge in [0.1, 0.15) is 0 Å². The monoisotopic (exact) mass is 397 g/mol. The summed E-state index contributed by atoms with van der Waals surface area (Å²) in [5.74, 6) is 1.09. The Morgan fingerprint density at radius 2 is 1.77 bits per heavy atom. The predicted molar refractivity (Wildman–Crippen MR) is 117 cm³/mol. The van der Waals surface area contributed by atoms with Crippen LogP contribution in [-0.4, -0.2) is 25.7 Å². The fourth-order valence-corrected chi connectivity index (χ4v) is 3.09. The third-order valence-electron chi connectivity index (χ3n) is 4.84. The van der Waals surface area contributed by atoms with Crippen LogP contribution in [0.25, 0.3) is 11.4 Å². The topological polar surface area (TPSA) is 72.7 Å². The number of benzene rings is 2. The van der Waals surface area contributed by atoms with E-state index < -0.39 is 0 Å². The van der Waals surface area contributed by atoms with Crippen LogP contribution in [0.1, 0.15) is 41.3 Å². The number of carbonyl (C=O) groups excluding carboxylic acids is 1. The summed E-state index contributed by atoms with van der Waals surface area (Å²) >= 11 is 0. The highest BCUT2D eigenvalue weighted by atomic mass is 16.2. The summed E-state index contributed by atoms with van der Waals surface area (Å²) in [6, 6.07) is 21.2. The third kappa shape index (κ3) is 4.27. The van der Waals surface area contributed by atoms with Gasteiger partial charge < -0.3 is 5.32 Å². The van der Waals surface area contributed by atoms with Crippen LogP contribution in [-0.2, 0) is 6.54 Å². The molecule has 4 rings (SSSR count). The zero-order valence-corrected chi connectivity index (χ0v) is 17.0. The molecule has 0 unspecified atom stereocenters. The summed E-state index contributed by atoms with van der Waals surface area (Å²) in [4.78, 5) is 21.7. The normalized spacial score (nSPS) is 10.9. The highest BCUT2D eigenvalue weighted by Crippen LogP contribution is 2.19. The third-order valence-corrected chi connectivity index (χ3v) is 4.84. The van der Waals surface area contributed by atoms with E-state index >= 15 is 0 Å². The van der Waals surface area contributed by atoms with E-state index in [9.17, 15) is 4.79 Å². The van der Waals surface area contributed by atoms with E-state index in [0.29, 0.717) is 29.8 Å². The molecule has 0 saturated carbocycles. The molecule has 0 aliphatic carbocycles. The first-order valence-corrected chi connectivity index (χ1v) is 9.92. The first-order chi connectivity index (χ1) is 14.6. The Labute approximate surface area is 175 Å². The number of carbonyl (C=O) groups is 1. The van der Waals surface area contributed by atoms with E-state index in [2.05, 4.69) is 58.5 Å². The molecule has 0 atom stereocenters. The van der Waals surface area contributed by atoms with Gasteiger partial charge >= 0.3 is 0 Å². The maximum Gasteiger partial charge on any atom is 0.281 e. The minimum Gasteiger partial charge on any atom is -0.350 e. The molecule has 150 valence electrons. The molecular weight excluding hydrogens is 374 g/mol. The Hall–Kier alpha value is -3.80. The Balaban J connectivity index is 1.63. The maximum absolute atomic E-state index is 13.0. The zero-order chi connectivity index (χ0) is 20.9. The van der Waals surface area contributed by atoms with Crippen molar-refractivity contribution in [3.63, 3.8) is 0 Å². The van der Waals surface area contributed by atoms with Crippen LogP contribution in [0.5, 0.6) is 0 Å². The van der Waals surface area contributed by atoms with Crippen LogP contribution in [0.4, 0.5) is 5.95 Å². The second-order valence-corrected chi connectivity index (χ2v) is 7.33. The van der Waals surface area contributed by atoms with Crippen molar-refractivity contribution < 1.29 is 4.79 Å². The fraction of sp³-hybridized carbons (Fsp3) is 0.167. The van der Waals surface area contributed by atoms with Gasteiger partial charge in [-0.1, -0.05) is 56.3 Å². The van der Waals surface area contributed by atoms with Crippen molar-refractivity contribution in [3.05, 3.63) is 95.8 Å². The molecule has 0 radical (unpaired) electrons. The molecular formula is C24H23N5O. The lowest BCUT2D eigenvalue weighted by Crippen LogP contribution is -2.17. The lowest BCUT2D eigenvalue weighted by molar-refractivity contribution is 0.0947. The molecule has 0 aliphatic rings. The average molecular weight is 397 g/mol. The Morgan fingerprint density at radius 3 is 2.43 bits per heavy atom. The molecule has 2 aromatic carbocycles. The molecule has 30 heavy (non-hydrogen) atoms. The standard InChI is InChI=1S/C24H23N5O/c1-17(2)19-12-10-18(11-13-19)15-26-24-27-22(21-9-6-14-25-16-21)28-29(24)23(30)20-7-4-3-5-8-20/h3-14,16-17H,15H2,1-2H3,(H,26,27,28). The molecule has 0 spiro atoms. The van der Waals surface area contributed by atoms with Gasteiger partial charge in [0.2, 0.25) is 5.95 Å². The molecule has 0 aliphatic heterocycles. The second-order valence-electron chi connectivity index (χ2n) is 7.33. The highest BCUT2D eigenvalue weighted by Gasteiger charge is 2.18. The van der Waals surface area contributed by atoms with Crippen molar-refractivity contribution >= 4 is 11.9 Å². The SMILES string of the molecule is CC(C)c1ccc(CNc2nc(-c3cccnc3)nn2C(=O)c2ccccc2)cc1. The average Bonchev–Trinajstić information content (AvgIpc) is 3.23. The van der Waals surface area contributed by atoms with Gasteiger partial charge in [-0.3, -0.25) is 9.78 Å². The van der Waals surface area contributed by atoms with E-state index in [0.717, 1.165) is 11.1 Å². The quantitative estimate of drug-likeness (QED) is 0.508. The van der Waals surface area contributed by atoms with Crippen molar-refractivity contribution in [3.8, 4) is 11.4 Å². The van der Waals surface area contributed by atoms with Crippen molar-refractivity contribution in [1.82, 2.24) is 19.7 Å². The summed E-state index contributed by atoms with van der Waals surface area (Å²) in [7, 11) is 0. The van der Waals surface area contributed by atoms with Crippen LogP contribution in [0, 0.1) is 0 Å². The van der Waals surface area contributed by atoms with Crippen molar-refractivity contribution in [1.29, 1.82) is 0 Å². The molecule has 6 heteroatoms. The lowest BCUT2D eigenvalue weighted by atomic mass is 10.0. The van der Waals surface area contributed by atoms with Gasteiger partial charge in [0.05, 0.1) is 0 Å². The minimum absolute atomic E-state index is 0.240. The molecule has 0 bridgehead atoms. The van der Waals surface area contributed by atoms with Gasteiger partial charge in [0.25, 0.3) is 5.91 Å². The van der Waals surface area contributed by atoms with Crippen molar-refractivity contribution in [2.45, 2.75) is 26.3 Å². The van der Waals surface area contributed by atoms with Gasteiger partial charge in [-0.25, -0.2) is 0 Å². The number of anilines is 1. The first-order valence-electron chi connectivity index (χ1n) is 9.92. The van der Waals surface area contributed by atoms with Gasteiger partial charge in [-0.2, -0.15) is 9.67 Å². The van der Waals surface area contributed by atoms with Gasteiger partial charge in [0, 0.05) is 30.1 Å². The number of aromatic nitrogens is 4. The molecule has 4 aromatic rings. The van der Waals surface area contributed by atoms with Gasteiger partial charge in [-0.15, -0.1) is 5.10 Å². The van der Waals surface area contributed by atoms with Gasteiger partial charge in [0.15, 0.2) is 5.82 Å². The lowest BCUT2D eigenvalue weighted by Gasteiger charge is -2.09. The summed E-state index contributed by atoms with van der Waals surface area (Å²) < 4.78 is 1.32. The summed E-state index contributed by atoms with van der Waals surface area (Å²) in [6.45, 7) is 4.88. The second kappa shape index (κ2) is 8.69. The van der Waals surface area contributed by atoms with E-state index in [1.807, 2.05) is 30.3 Å². The largest absolute Gasteiger partial charge is 0.350 e. The number of hydrogen-bond acceptors (Lipinski definition) is 5. The number of hydrogen-bond donors (Lipinski definition) is 1. The van der Waals surface area contributed by atoms with E-state index in [4.69, 9.17) is 0 Å². The summed E-state index contributed by atoms with van der Waals surface area (Å²) in [5.41, 5.74) is 3.69. The Bertz CT molecular complexity index is 1120. The Kier molecular flexibility index (Phi) is 5.66. The van der Waals surface area contributed by atoms with E-state index in [-0.39, 0.29) is 5.91 Å². The van der Waals surface area contributed by atoms with Crippen LogP contribution in [0.15, 0.2) is 79.1 Å². The van der Waals surface area contributed by atoms with Gasteiger partial charge in [-0.05, 0) is 41.3 Å². The Morgan fingerprint density at radius 1 is 1.00 bits per heavy atom. The molecule has 2 heterocycles. The molecule has 0 saturated heterocycles. The van der Waals surface area contributed by atoms with Crippen molar-refractivity contribution in [2.24, 2.45) is 0 Å². The minimum atomic E-state index is -0.240. The highest BCUT2D eigenvalue weighted by molar-refractivity contribution is 5.97. The number of nitrogens with zero attached hydrogens (tertiary/aromatic N) is 4. The van der Waals surface area contributed by atoms with Crippen LogP contribution in [0.2, 0.25) is 0 Å². The zero-order valence-electron chi connectivity index (χ0n) is 17.0. The molecule has 0 amide bonds. The maximum atomic E-state index is 13.0. The summed E-state index contributed by atoms with van der Waals surface area (Å²) in [6.07, 6.45) is 3.37. The molecule has 1 N–H and O–H groups in total. The van der Waals surface area contributed by atoms with Crippen LogP contribution in [0.3, 0.4) is 0 Å². The summed E-state index contributed by atoms with van der Waals surface area (Å²) in [5, 5.41) is 7.73. The predicted octanol–water partition coefficient (Wildman–Crippen LogP) is 4.76. The number of pyridine rings is 1. The van der Waals surface area contributed by atoms with Crippen molar-refractivity contribution in [2.75, 3.05) is 5.32 Å². The number of rotatable bonds is 6. The van der Waals surface area contributed by atoms with E-state index in [1.165, 1.54) is 10.2 Å². The van der Waals surface area contributed by atoms with Crippen LogP contribution < -0.4 is 5.32 Å². The van der Waals surface area contributed by atoms with Crippen LogP contribution >= 0.6 is 0 Å². The molecule has 0 fully saturated rings. The first kappa shape index (κ1) is 19.5. The smallest absolute Gasteiger partial charge is 0.281 e. The molecule has 2 aromatic heterocycles. The fourth-order valence-electron chi connectivity index (χ4n) is 3.09. The van der Waals surface area contributed by atoms with E-state index in [1.54, 1.807) is 24.5 Å².